The van der Waals surface area contributed by atoms with Crippen LogP contribution in [0.3, 0.4) is 0 Å². The van der Waals surface area contributed by atoms with Crippen molar-refractivity contribution in [2.24, 2.45) is 0 Å². The highest BCUT2D eigenvalue weighted by Crippen LogP contribution is 2.38. The van der Waals surface area contributed by atoms with Crippen LogP contribution < -0.4 is 10.1 Å². The van der Waals surface area contributed by atoms with Crippen LogP contribution in [-0.4, -0.2) is 18.6 Å². The third kappa shape index (κ3) is 4.24. The van der Waals surface area contributed by atoms with Gasteiger partial charge >= 0.3 is 0 Å². The number of nitrogens with one attached hydrogen (secondary N) is 1. The first-order valence-electron chi connectivity index (χ1n) is 9.32. The van der Waals surface area contributed by atoms with Gasteiger partial charge in [-0.2, -0.15) is 0 Å². The largest absolute Gasteiger partial charge is 0.497 e. The number of ether oxygens (including phenoxy) is 1. The van der Waals surface area contributed by atoms with Crippen LogP contribution in [0.4, 0.5) is 5.13 Å². The lowest BCUT2D eigenvalue weighted by atomic mass is 10.1. The van der Waals surface area contributed by atoms with E-state index in [0.29, 0.717) is 0 Å². The van der Waals surface area contributed by atoms with E-state index in [1.165, 1.54) is 16.0 Å². The first-order chi connectivity index (χ1) is 13.8. The molecule has 0 fully saturated rings. The highest BCUT2D eigenvalue weighted by molar-refractivity contribution is 7.19. The minimum Gasteiger partial charge on any atom is -0.497 e. The lowest BCUT2D eigenvalue weighted by molar-refractivity contribution is 0.414. The van der Waals surface area contributed by atoms with E-state index in [0.717, 1.165) is 35.1 Å². The molecule has 1 aromatic heterocycles. The molecule has 4 aromatic rings. The summed E-state index contributed by atoms with van der Waals surface area (Å²) >= 11 is 1.71. The number of thiazole rings is 1. The average molecular weight is 387 g/mol. The number of methoxy groups -OCH3 is 1. The molecule has 3 nitrogen and oxygen atoms in total. The van der Waals surface area contributed by atoms with Gasteiger partial charge in [-0.05, 0) is 29.7 Å². The summed E-state index contributed by atoms with van der Waals surface area (Å²) in [6, 6.07) is 29.0. The van der Waals surface area contributed by atoms with Gasteiger partial charge in [-0.25, -0.2) is 4.98 Å². The Morgan fingerprint density at radius 2 is 1.46 bits per heavy atom. The van der Waals surface area contributed by atoms with Gasteiger partial charge in [0.25, 0.3) is 0 Å². The lowest BCUT2D eigenvalue weighted by Crippen LogP contribution is -2.04. The van der Waals surface area contributed by atoms with Crippen molar-refractivity contribution < 1.29 is 4.74 Å². The van der Waals surface area contributed by atoms with Crippen LogP contribution in [0.2, 0.25) is 0 Å². The molecule has 0 bridgehead atoms. The Morgan fingerprint density at radius 1 is 0.821 bits per heavy atom. The van der Waals surface area contributed by atoms with Gasteiger partial charge in [-0.3, -0.25) is 0 Å². The SMILES string of the molecule is COc1ccc(CCNc2nc(-c3ccccc3)c(-c3ccccc3)s2)cc1. The molecule has 4 heteroatoms. The highest BCUT2D eigenvalue weighted by Gasteiger charge is 2.14. The van der Waals surface area contributed by atoms with Crippen molar-refractivity contribution in [3.05, 3.63) is 90.5 Å². The molecule has 140 valence electrons. The summed E-state index contributed by atoms with van der Waals surface area (Å²) in [4.78, 5) is 6.10. The summed E-state index contributed by atoms with van der Waals surface area (Å²) in [5.41, 5.74) is 4.64. The topological polar surface area (TPSA) is 34.1 Å². The Morgan fingerprint density at radius 3 is 2.11 bits per heavy atom. The van der Waals surface area contributed by atoms with Gasteiger partial charge < -0.3 is 10.1 Å². The number of benzene rings is 3. The quantitative estimate of drug-likeness (QED) is 0.414. The second-order valence-electron chi connectivity index (χ2n) is 6.45. The first kappa shape index (κ1) is 18.3. The van der Waals surface area contributed by atoms with E-state index in [-0.39, 0.29) is 0 Å². The second-order valence-corrected chi connectivity index (χ2v) is 7.45. The number of hydrogen-bond donors (Lipinski definition) is 1. The fourth-order valence-electron chi connectivity index (χ4n) is 3.08. The Hall–Kier alpha value is -3.11. The zero-order valence-electron chi connectivity index (χ0n) is 15.8. The van der Waals surface area contributed by atoms with Crippen LogP contribution in [0.15, 0.2) is 84.9 Å². The fourth-order valence-corrected chi connectivity index (χ4v) is 4.10. The van der Waals surface area contributed by atoms with Gasteiger partial charge in [0.15, 0.2) is 5.13 Å². The van der Waals surface area contributed by atoms with Gasteiger partial charge in [-0.1, -0.05) is 84.1 Å². The van der Waals surface area contributed by atoms with Crippen LogP contribution >= 0.6 is 11.3 Å². The van der Waals surface area contributed by atoms with Gasteiger partial charge in [-0.15, -0.1) is 0 Å². The van der Waals surface area contributed by atoms with Crippen LogP contribution in [0.1, 0.15) is 5.56 Å². The summed E-state index contributed by atoms with van der Waals surface area (Å²) < 4.78 is 5.22. The maximum absolute atomic E-state index is 5.22. The number of anilines is 1. The minimum atomic E-state index is 0.836. The molecule has 0 unspecified atom stereocenters. The van der Waals surface area contributed by atoms with Crippen molar-refractivity contribution in [3.63, 3.8) is 0 Å². The summed E-state index contributed by atoms with van der Waals surface area (Å²) in [5.74, 6) is 0.886. The molecule has 0 atom stereocenters. The minimum absolute atomic E-state index is 0.836. The zero-order valence-corrected chi connectivity index (χ0v) is 16.6. The molecule has 0 saturated heterocycles. The Labute approximate surface area is 169 Å². The van der Waals surface area contributed by atoms with Gasteiger partial charge in [0.1, 0.15) is 5.75 Å². The molecule has 28 heavy (non-hydrogen) atoms. The smallest absolute Gasteiger partial charge is 0.183 e. The summed E-state index contributed by atoms with van der Waals surface area (Å²) in [6.45, 7) is 0.836. The molecule has 1 heterocycles. The van der Waals surface area contributed by atoms with E-state index >= 15 is 0 Å². The van der Waals surface area contributed by atoms with E-state index in [4.69, 9.17) is 9.72 Å². The van der Waals surface area contributed by atoms with Crippen LogP contribution in [-0.2, 0) is 6.42 Å². The second kappa shape index (κ2) is 8.72. The van der Waals surface area contributed by atoms with E-state index in [2.05, 4.69) is 66.0 Å². The number of nitrogens with zero attached hydrogens (tertiary/aromatic N) is 1. The van der Waals surface area contributed by atoms with Crippen LogP contribution in [0.25, 0.3) is 21.7 Å². The predicted octanol–water partition coefficient (Wildman–Crippen LogP) is 6.14. The first-order valence-corrected chi connectivity index (χ1v) is 10.1. The highest BCUT2D eigenvalue weighted by atomic mass is 32.1. The van der Waals surface area contributed by atoms with Gasteiger partial charge in [0.2, 0.25) is 0 Å². The van der Waals surface area contributed by atoms with Crippen molar-refractivity contribution >= 4 is 16.5 Å². The zero-order chi connectivity index (χ0) is 19.2. The number of aromatic nitrogens is 1. The Kier molecular flexibility index (Phi) is 5.69. The van der Waals surface area contributed by atoms with Crippen molar-refractivity contribution in [2.75, 3.05) is 19.0 Å². The molecule has 0 saturated carbocycles. The summed E-state index contributed by atoms with van der Waals surface area (Å²) in [7, 11) is 1.69. The van der Waals surface area contributed by atoms with Crippen molar-refractivity contribution in [3.8, 4) is 27.4 Å². The van der Waals surface area contributed by atoms with Crippen LogP contribution in [0, 0.1) is 0 Å². The normalized spacial score (nSPS) is 10.6. The fraction of sp³-hybridized carbons (Fsp3) is 0.125. The van der Waals surface area contributed by atoms with E-state index in [1.54, 1.807) is 18.4 Å². The third-order valence-electron chi connectivity index (χ3n) is 4.56. The van der Waals surface area contributed by atoms with Crippen molar-refractivity contribution in [1.29, 1.82) is 0 Å². The van der Waals surface area contributed by atoms with Crippen LogP contribution in [0.5, 0.6) is 5.75 Å². The standard InChI is InChI=1S/C24H22N2OS/c1-27-21-14-12-18(13-15-21)16-17-25-24-26-22(19-8-4-2-5-9-19)23(28-24)20-10-6-3-7-11-20/h2-15H,16-17H2,1H3,(H,25,26). The molecular weight excluding hydrogens is 364 g/mol. The number of rotatable bonds is 7. The molecule has 1 N–H and O–H groups in total. The molecule has 0 radical (unpaired) electrons. The summed E-state index contributed by atoms with van der Waals surface area (Å²) in [6.07, 6.45) is 0.935. The maximum atomic E-state index is 5.22. The molecule has 4 rings (SSSR count). The van der Waals surface area contributed by atoms with Crippen molar-refractivity contribution in [1.82, 2.24) is 4.98 Å². The monoisotopic (exact) mass is 386 g/mol. The average Bonchev–Trinajstić information content (AvgIpc) is 3.20. The molecular formula is C24H22N2OS. The third-order valence-corrected chi connectivity index (χ3v) is 5.62. The molecule has 3 aromatic carbocycles. The summed E-state index contributed by atoms with van der Waals surface area (Å²) in [5, 5.41) is 4.45. The molecule has 0 aliphatic heterocycles. The molecule has 0 aliphatic carbocycles. The number of hydrogen-bond acceptors (Lipinski definition) is 4. The molecule has 0 aliphatic rings. The lowest BCUT2D eigenvalue weighted by Gasteiger charge is -2.04. The Balaban J connectivity index is 1.53. The van der Waals surface area contributed by atoms with Gasteiger partial charge in [0, 0.05) is 12.1 Å². The maximum Gasteiger partial charge on any atom is 0.183 e. The van der Waals surface area contributed by atoms with Crippen molar-refractivity contribution in [2.45, 2.75) is 6.42 Å². The van der Waals surface area contributed by atoms with E-state index in [9.17, 15) is 0 Å². The molecule has 0 amide bonds. The molecule has 0 spiro atoms. The van der Waals surface area contributed by atoms with Gasteiger partial charge in [0.05, 0.1) is 17.7 Å². The van der Waals surface area contributed by atoms with E-state index in [1.807, 2.05) is 24.3 Å². The van der Waals surface area contributed by atoms with E-state index < -0.39 is 0 Å². The predicted molar refractivity (Wildman–Crippen MR) is 118 cm³/mol. The Bertz CT molecular complexity index is 955.